The van der Waals surface area contributed by atoms with Gasteiger partial charge in [0.2, 0.25) is 10.1 Å². The van der Waals surface area contributed by atoms with Crippen LogP contribution in [-0.4, -0.2) is 43.2 Å². The van der Waals surface area contributed by atoms with Crippen molar-refractivity contribution in [1.29, 1.82) is 0 Å². The quantitative estimate of drug-likeness (QED) is 0.686. The maximum Gasteiger partial charge on any atom is 0.223 e. The van der Waals surface area contributed by atoms with E-state index < -0.39 is 14.0 Å². The first kappa shape index (κ1) is 13.0. The summed E-state index contributed by atoms with van der Waals surface area (Å²) in [4.78, 5) is 12.3. The van der Waals surface area contributed by atoms with E-state index in [1.54, 1.807) is 14.1 Å². The lowest BCUT2D eigenvalue weighted by molar-refractivity contribution is -0.128. The average molecular weight is 248 g/mol. The van der Waals surface area contributed by atoms with Crippen molar-refractivity contribution in [3.05, 3.63) is 0 Å². The van der Waals surface area contributed by atoms with Gasteiger partial charge in [-0.2, -0.15) is 0 Å². The molecule has 0 aromatic heterocycles. The van der Waals surface area contributed by atoms with Gasteiger partial charge in [-0.1, -0.05) is 23.2 Å². The van der Waals surface area contributed by atoms with Crippen LogP contribution in [0.5, 0.6) is 0 Å². The number of halogens is 2. The van der Waals surface area contributed by atoms with Crippen molar-refractivity contribution in [3.8, 4) is 0 Å². The summed E-state index contributed by atoms with van der Waals surface area (Å²) in [5.41, 5.74) is 0. The largest absolute Gasteiger partial charge is 0.349 e. The van der Waals surface area contributed by atoms with Crippen molar-refractivity contribution in [2.75, 3.05) is 19.8 Å². The van der Waals surface area contributed by atoms with Crippen LogP contribution in [0.4, 0.5) is 0 Å². The van der Waals surface area contributed by atoms with Gasteiger partial charge >= 0.3 is 0 Å². The number of nitrogens with zero attached hydrogens (tertiary/aromatic N) is 1. The molecule has 0 aromatic carbocycles. The molecule has 1 amide bonds. The van der Waals surface area contributed by atoms with Crippen molar-refractivity contribution >= 4 is 38.9 Å². The maximum atomic E-state index is 11.0. The highest BCUT2D eigenvalue weighted by Gasteiger charge is 2.21. The van der Waals surface area contributed by atoms with Crippen LogP contribution in [-0.2, 0) is 14.6 Å². The first-order valence-corrected chi connectivity index (χ1v) is 6.06. The number of hydrogen-bond acceptors (Lipinski definition) is 3. The molecule has 0 saturated carbocycles. The van der Waals surface area contributed by atoms with E-state index in [4.69, 9.17) is 23.2 Å². The van der Waals surface area contributed by atoms with Gasteiger partial charge in [0, 0.05) is 20.5 Å². The molecule has 0 spiro atoms. The van der Waals surface area contributed by atoms with Crippen LogP contribution in [0.25, 0.3) is 0 Å². The lowest BCUT2D eigenvalue weighted by atomic mass is 10.4. The number of carbonyl (C=O) groups excluding carboxylic acids is 1. The van der Waals surface area contributed by atoms with Crippen LogP contribution >= 0.6 is 23.2 Å². The minimum atomic E-state index is -3.54. The maximum absolute atomic E-state index is 11.0. The molecule has 0 unspecified atom stereocenters. The zero-order valence-corrected chi connectivity index (χ0v) is 9.66. The van der Waals surface area contributed by atoms with Gasteiger partial charge in [-0.15, -0.1) is 0 Å². The highest BCUT2D eigenvalue weighted by atomic mass is 35.5. The Morgan fingerprint density at radius 2 is 1.85 bits per heavy atom. The van der Waals surface area contributed by atoms with Gasteiger partial charge in [-0.3, -0.25) is 4.79 Å². The summed E-state index contributed by atoms with van der Waals surface area (Å²) < 4.78 is 20.6. The standard InChI is InChI=1S/C6H11Cl2NO3S/c1-9(2)5(10)3-4-13(11,12)6(7)8/h6H,3-4H2,1-2H3. The molecular formula is C6H11Cl2NO3S. The van der Waals surface area contributed by atoms with Gasteiger partial charge in [0.25, 0.3) is 0 Å². The molecule has 0 fully saturated rings. The van der Waals surface area contributed by atoms with Crippen LogP contribution in [0.2, 0.25) is 0 Å². The predicted octanol–water partition coefficient (Wildman–Crippen LogP) is 0.641. The average Bonchev–Trinajstić information content (AvgIpc) is 1.99. The smallest absolute Gasteiger partial charge is 0.223 e. The zero-order chi connectivity index (χ0) is 10.6. The Kier molecular flexibility index (Phi) is 5.02. The Hall–Kier alpha value is -0.000000000000000111. The lowest BCUT2D eigenvalue weighted by Crippen LogP contribution is -2.25. The molecule has 0 aromatic rings. The highest BCUT2D eigenvalue weighted by molar-refractivity contribution is 7.94. The van der Waals surface area contributed by atoms with Gasteiger partial charge in [-0.25, -0.2) is 8.42 Å². The minimum absolute atomic E-state index is 0.0920. The third-order valence-electron chi connectivity index (χ3n) is 1.37. The van der Waals surface area contributed by atoms with Crippen LogP contribution in [0.15, 0.2) is 0 Å². The lowest BCUT2D eigenvalue weighted by Gasteiger charge is -2.10. The van der Waals surface area contributed by atoms with E-state index in [1.807, 2.05) is 0 Å². The van der Waals surface area contributed by atoms with Gasteiger partial charge in [-0.05, 0) is 0 Å². The van der Waals surface area contributed by atoms with Gasteiger partial charge in [0.05, 0.1) is 5.75 Å². The van der Waals surface area contributed by atoms with Gasteiger partial charge in [0.15, 0.2) is 9.84 Å². The monoisotopic (exact) mass is 247 g/mol. The minimum Gasteiger partial charge on any atom is -0.349 e. The third kappa shape index (κ3) is 4.69. The van der Waals surface area contributed by atoms with Crippen molar-refractivity contribution in [1.82, 2.24) is 4.90 Å². The SMILES string of the molecule is CN(C)C(=O)CCS(=O)(=O)C(Cl)Cl. The van der Waals surface area contributed by atoms with Crippen LogP contribution in [0.3, 0.4) is 0 Å². The summed E-state index contributed by atoms with van der Waals surface area (Å²) in [6.45, 7) is 0. The second-order valence-corrected chi connectivity index (χ2v) is 6.48. The molecule has 0 heterocycles. The normalized spacial score (nSPS) is 11.8. The Morgan fingerprint density at radius 1 is 1.38 bits per heavy atom. The fourth-order valence-electron chi connectivity index (χ4n) is 0.542. The fourth-order valence-corrected chi connectivity index (χ4v) is 1.71. The molecule has 0 saturated heterocycles. The second-order valence-electron chi connectivity index (χ2n) is 2.67. The predicted molar refractivity (Wildman–Crippen MR) is 52.6 cm³/mol. The third-order valence-corrected chi connectivity index (χ3v) is 4.32. The fraction of sp³-hybridized carbons (Fsp3) is 0.833. The number of alkyl halides is 2. The van der Waals surface area contributed by atoms with Gasteiger partial charge in [0.1, 0.15) is 0 Å². The van der Waals surface area contributed by atoms with E-state index in [0.29, 0.717) is 0 Å². The summed E-state index contributed by atoms with van der Waals surface area (Å²) >= 11 is 10.4. The Bertz CT molecular complexity index is 274. The molecule has 0 N–H and O–H groups in total. The Labute approximate surface area is 87.7 Å². The molecule has 0 radical (unpaired) electrons. The molecule has 13 heavy (non-hydrogen) atoms. The van der Waals surface area contributed by atoms with E-state index >= 15 is 0 Å². The number of carbonyl (C=O) groups is 1. The summed E-state index contributed by atoms with van der Waals surface area (Å²) in [7, 11) is -0.445. The van der Waals surface area contributed by atoms with Crippen LogP contribution in [0.1, 0.15) is 6.42 Å². The molecule has 0 rings (SSSR count). The summed E-state index contributed by atoms with van der Waals surface area (Å²) in [5, 5.41) is 0. The topological polar surface area (TPSA) is 54.5 Å². The second kappa shape index (κ2) is 5.02. The summed E-state index contributed by atoms with van der Waals surface area (Å²) in [5.74, 6) is -0.584. The first-order valence-electron chi connectivity index (χ1n) is 3.47. The molecule has 0 atom stereocenters. The first-order chi connectivity index (χ1) is 5.77. The number of hydrogen-bond donors (Lipinski definition) is 0. The molecule has 0 bridgehead atoms. The van der Waals surface area contributed by atoms with E-state index in [1.165, 1.54) is 4.90 Å². The van der Waals surface area contributed by atoms with Crippen LogP contribution in [0, 0.1) is 0 Å². The van der Waals surface area contributed by atoms with Crippen LogP contribution < -0.4 is 0 Å². The van der Waals surface area contributed by atoms with E-state index in [9.17, 15) is 13.2 Å². The number of amides is 1. The molecule has 0 aliphatic rings. The van der Waals surface area contributed by atoms with E-state index in [-0.39, 0.29) is 18.1 Å². The zero-order valence-electron chi connectivity index (χ0n) is 7.33. The molecule has 0 aliphatic heterocycles. The Balaban J connectivity index is 4.12. The van der Waals surface area contributed by atoms with Crippen molar-refractivity contribution < 1.29 is 13.2 Å². The van der Waals surface area contributed by atoms with Crippen molar-refractivity contribution in [2.24, 2.45) is 0 Å². The van der Waals surface area contributed by atoms with Crippen molar-refractivity contribution in [3.63, 3.8) is 0 Å². The summed E-state index contributed by atoms with van der Waals surface area (Å²) in [6, 6.07) is 0. The van der Waals surface area contributed by atoms with Crippen molar-refractivity contribution in [2.45, 2.75) is 10.6 Å². The molecule has 0 aliphatic carbocycles. The molecule has 4 nitrogen and oxygen atoms in total. The highest BCUT2D eigenvalue weighted by Crippen LogP contribution is 2.13. The summed E-state index contributed by atoms with van der Waals surface area (Å²) in [6.07, 6.45) is -0.0920. The van der Waals surface area contributed by atoms with E-state index in [2.05, 4.69) is 0 Å². The van der Waals surface area contributed by atoms with Gasteiger partial charge < -0.3 is 4.90 Å². The number of rotatable bonds is 4. The molecule has 78 valence electrons. The molecule has 7 heteroatoms. The Morgan fingerprint density at radius 3 is 2.15 bits per heavy atom. The molecular weight excluding hydrogens is 237 g/mol. The number of sulfone groups is 1. The van der Waals surface area contributed by atoms with E-state index in [0.717, 1.165) is 0 Å².